The molecule has 0 spiro atoms. The summed E-state index contributed by atoms with van der Waals surface area (Å²) in [6.07, 6.45) is 3.71. The van der Waals surface area contributed by atoms with Crippen LogP contribution in [0.25, 0.3) is 0 Å². The first-order valence-corrected chi connectivity index (χ1v) is 5.00. The number of hydrogen-bond acceptors (Lipinski definition) is 4. The van der Waals surface area contributed by atoms with E-state index < -0.39 is 0 Å². The Labute approximate surface area is 90.4 Å². The van der Waals surface area contributed by atoms with Gasteiger partial charge in [0.15, 0.2) is 0 Å². The SMILES string of the molecule is CNC(COCCOC)c1nccn1C. The Balaban J connectivity index is 2.39. The van der Waals surface area contributed by atoms with Crippen molar-refractivity contribution < 1.29 is 9.47 Å². The molecule has 1 atom stereocenters. The Morgan fingerprint density at radius 3 is 2.87 bits per heavy atom. The van der Waals surface area contributed by atoms with Gasteiger partial charge in [-0.25, -0.2) is 4.98 Å². The van der Waals surface area contributed by atoms with Crippen molar-refractivity contribution >= 4 is 0 Å². The molecule has 1 aromatic rings. The van der Waals surface area contributed by atoms with Gasteiger partial charge in [0, 0.05) is 26.6 Å². The number of aryl methyl sites for hydroxylation is 1. The molecule has 0 saturated carbocycles. The van der Waals surface area contributed by atoms with E-state index in [-0.39, 0.29) is 6.04 Å². The van der Waals surface area contributed by atoms with Crippen LogP contribution in [-0.4, -0.2) is 43.5 Å². The highest BCUT2D eigenvalue weighted by molar-refractivity contribution is 4.98. The number of methoxy groups -OCH3 is 1. The molecule has 1 rings (SSSR count). The van der Waals surface area contributed by atoms with Crippen LogP contribution < -0.4 is 5.32 Å². The minimum absolute atomic E-state index is 0.127. The third-order valence-corrected chi connectivity index (χ3v) is 2.23. The maximum absolute atomic E-state index is 5.47. The summed E-state index contributed by atoms with van der Waals surface area (Å²) >= 11 is 0. The zero-order valence-corrected chi connectivity index (χ0v) is 9.56. The van der Waals surface area contributed by atoms with Gasteiger partial charge in [-0.05, 0) is 7.05 Å². The lowest BCUT2D eigenvalue weighted by Gasteiger charge is -2.15. The first kappa shape index (κ1) is 12.2. The third-order valence-electron chi connectivity index (χ3n) is 2.23. The van der Waals surface area contributed by atoms with Crippen molar-refractivity contribution in [2.24, 2.45) is 7.05 Å². The molecule has 0 aliphatic rings. The van der Waals surface area contributed by atoms with E-state index in [0.29, 0.717) is 19.8 Å². The quantitative estimate of drug-likeness (QED) is 0.664. The first-order valence-electron chi connectivity index (χ1n) is 5.00. The highest BCUT2D eigenvalue weighted by Crippen LogP contribution is 2.09. The van der Waals surface area contributed by atoms with E-state index in [9.17, 15) is 0 Å². The monoisotopic (exact) mass is 213 g/mol. The maximum atomic E-state index is 5.47. The van der Waals surface area contributed by atoms with Crippen molar-refractivity contribution in [1.29, 1.82) is 0 Å². The van der Waals surface area contributed by atoms with E-state index in [1.165, 1.54) is 0 Å². The van der Waals surface area contributed by atoms with Gasteiger partial charge in [0.2, 0.25) is 0 Å². The number of hydrogen-bond donors (Lipinski definition) is 1. The molecule has 0 saturated heterocycles. The van der Waals surface area contributed by atoms with Crippen molar-refractivity contribution in [3.63, 3.8) is 0 Å². The Morgan fingerprint density at radius 2 is 2.33 bits per heavy atom. The fourth-order valence-corrected chi connectivity index (χ4v) is 1.34. The fourth-order valence-electron chi connectivity index (χ4n) is 1.34. The van der Waals surface area contributed by atoms with E-state index in [1.807, 2.05) is 24.9 Å². The molecule has 5 heteroatoms. The van der Waals surface area contributed by atoms with Gasteiger partial charge in [0.25, 0.3) is 0 Å². The van der Waals surface area contributed by atoms with Crippen LogP contribution >= 0.6 is 0 Å². The van der Waals surface area contributed by atoms with Gasteiger partial charge in [0.1, 0.15) is 5.82 Å². The summed E-state index contributed by atoms with van der Waals surface area (Å²) in [5.41, 5.74) is 0. The Hall–Kier alpha value is -0.910. The van der Waals surface area contributed by atoms with Crippen LogP contribution in [0.5, 0.6) is 0 Å². The Bertz CT molecular complexity index is 275. The predicted octanol–water partition coefficient (Wildman–Crippen LogP) is 0.344. The average Bonchev–Trinajstić information content (AvgIpc) is 2.65. The van der Waals surface area contributed by atoms with Crippen LogP contribution in [0, 0.1) is 0 Å². The molecule has 0 amide bonds. The lowest BCUT2D eigenvalue weighted by atomic mass is 10.3. The molecule has 5 nitrogen and oxygen atoms in total. The van der Waals surface area contributed by atoms with Crippen molar-refractivity contribution in [3.05, 3.63) is 18.2 Å². The fraction of sp³-hybridized carbons (Fsp3) is 0.700. The molecular formula is C10H19N3O2. The summed E-state index contributed by atoms with van der Waals surface area (Å²) < 4.78 is 12.4. The van der Waals surface area contributed by atoms with Gasteiger partial charge in [-0.1, -0.05) is 0 Å². The number of likely N-dealkylation sites (N-methyl/N-ethyl adjacent to an activating group) is 1. The minimum atomic E-state index is 0.127. The molecule has 0 aromatic carbocycles. The van der Waals surface area contributed by atoms with E-state index in [1.54, 1.807) is 13.3 Å². The number of imidazole rings is 1. The molecule has 1 heterocycles. The Morgan fingerprint density at radius 1 is 1.53 bits per heavy atom. The highest BCUT2D eigenvalue weighted by Gasteiger charge is 2.13. The predicted molar refractivity (Wildman–Crippen MR) is 57.7 cm³/mol. The molecule has 0 radical (unpaired) electrons. The molecule has 1 unspecified atom stereocenters. The van der Waals surface area contributed by atoms with Gasteiger partial charge < -0.3 is 19.4 Å². The number of aromatic nitrogens is 2. The zero-order chi connectivity index (χ0) is 11.1. The number of nitrogens with one attached hydrogen (secondary N) is 1. The summed E-state index contributed by atoms with van der Waals surface area (Å²) in [6, 6.07) is 0.127. The van der Waals surface area contributed by atoms with Crippen molar-refractivity contribution in [2.75, 3.05) is 34.0 Å². The van der Waals surface area contributed by atoms with Gasteiger partial charge >= 0.3 is 0 Å². The van der Waals surface area contributed by atoms with Crippen LogP contribution in [0.3, 0.4) is 0 Å². The van der Waals surface area contributed by atoms with E-state index >= 15 is 0 Å². The molecule has 0 bridgehead atoms. The van der Waals surface area contributed by atoms with E-state index in [4.69, 9.17) is 9.47 Å². The molecule has 0 fully saturated rings. The van der Waals surface area contributed by atoms with Gasteiger partial charge in [-0.3, -0.25) is 0 Å². The van der Waals surface area contributed by atoms with E-state index in [2.05, 4.69) is 10.3 Å². The van der Waals surface area contributed by atoms with Gasteiger partial charge in [-0.15, -0.1) is 0 Å². The van der Waals surface area contributed by atoms with Crippen molar-refractivity contribution in [1.82, 2.24) is 14.9 Å². The molecule has 1 aromatic heterocycles. The van der Waals surface area contributed by atoms with Crippen molar-refractivity contribution in [2.45, 2.75) is 6.04 Å². The number of nitrogens with zero attached hydrogens (tertiary/aromatic N) is 2. The molecule has 0 aliphatic carbocycles. The van der Waals surface area contributed by atoms with Crippen LogP contribution in [0.15, 0.2) is 12.4 Å². The standard InChI is InChI=1S/C10H19N3O2/c1-11-9(8-15-7-6-14-3)10-12-4-5-13(10)2/h4-5,9,11H,6-8H2,1-3H3. The first-order chi connectivity index (χ1) is 7.29. The second-order valence-electron chi connectivity index (χ2n) is 3.31. The summed E-state index contributed by atoms with van der Waals surface area (Å²) in [7, 11) is 5.54. The van der Waals surface area contributed by atoms with Crippen LogP contribution in [0.2, 0.25) is 0 Å². The van der Waals surface area contributed by atoms with E-state index in [0.717, 1.165) is 5.82 Å². The summed E-state index contributed by atoms with van der Waals surface area (Å²) in [4.78, 5) is 4.28. The average molecular weight is 213 g/mol. The number of rotatable bonds is 7. The summed E-state index contributed by atoms with van der Waals surface area (Å²) in [5.74, 6) is 0.981. The normalized spacial score (nSPS) is 13.0. The molecule has 86 valence electrons. The highest BCUT2D eigenvalue weighted by atomic mass is 16.5. The van der Waals surface area contributed by atoms with Gasteiger partial charge in [-0.2, -0.15) is 0 Å². The van der Waals surface area contributed by atoms with Crippen LogP contribution in [-0.2, 0) is 16.5 Å². The van der Waals surface area contributed by atoms with Gasteiger partial charge in [0.05, 0.1) is 25.9 Å². The molecule has 0 aliphatic heterocycles. The largest absolute Gasteiger partial charge is 0.382 e. The zero-order valence-electron chi connectivity index (χ0n) is 9.56. The summed E-state index contributed by atoms with van der Waals surface area (Å²) in [6.45, 7) is 1.83. The third kappa shape index (κ3) is 3.62. The number of ether oxygens (including phenoxy) is 2. The van der Waals surface area contributed by atoms with Crippen LogP contribution in [0.4, 0.5) is 0 Å². The van der Waals surface area contributed by atoms with Crippen molar-refractivity contribution in [3.8, 4) is 0 Å². The lowest BCUT2D eigenvalue weighted by molar-refractivity contribution is 0.0581. The summed E-state index contributed by atoms with van der Waals surface area (Å²) in [5, 5.41) is 3.17. The minimum Gasteiger partial charge on any atom is -0.382 e. The van der Waals surface area contributed by atoms with Crippen LogP contribution in [0.1, 0.15) is 11.9 Å². The second kappa shape index (κ2) is 6.55. The second-order valence-corrected chi connectivity index (χ2v) is 3.31. The topological polar surface area (TPSA) is 48.3 Å². The Kier molecular flexibility index (Phi) is 5.31. The molecule has 1 N–H and O–H groups in total. The maximum Gasteiger partial charge on any atom is 0.127 e. The lowest BCUT2D eigenvalue weighted by Crippen LogP contribution is -2.25. The smallest absolute Gasteiger partial charge is 0.127 e. The molecule has 15 heavy (non-hydrogen) atoms. The molecular weight excluding hydrogens is 194 g/mol.